The fourth-order valence-corrected chi connectivity index (χ4v) is 5.44. The number of pyridine rings is 2. The van der Waals surface area contributed by atoms with Crippen LogP contribution < -0.4 is 15.2 Å². The Morgan fingerprint density at radius 3 is 1.56 bits per heavy atom. The summed E-state index contributed by atoms with van der Waals surface area (Å²) >= 11 is 18.1. The van der Waals surface area contributed by atoms with Crippen molar-refractivity contribution in [3.05, 3.63) is 94.2 Å². The second kappa shape index (κ2) is 20.1. The molecule has 6 rings (SSSR count). The Labute approximate surface area is 337 Å². The standard InChI is InChI=1S/C20H22ClN3O2.C14H9Cl2N3O.C5H13NO.ClH/c1-20(2,26-4)9-7-17-16-12-22-10-8-14(16)19(24-23-17)15-6-5-13(21)11-18(15)25-3;1-20-12-6-8(15)2-3-10(12)13-9-4-5-17-7-11(9)14(16)19-18-13;1-5(2,4-6)7-3;/h5-6,8,10-12H,7,9H2,1-4H3;2-7H,1H3;4,6H2,1-3H3;1H. The summed E-state index contributed by atoms with van der Waals surface area (Å²) in [6, 6.07) is 14.7. The molecule has 15 heteroatoms. The van der Waals surface area contributed by atoms with Gasteiger partial charge in [0.2, 0.25) is 0 Å². The van der Waals surface area contributed by atoms with Gasteiger partial charge >= 0.3 is 0 Å². The van der Waals surface area contributed by atoms with E-state index in [9.17, 15) is 0 Å². The van der Waals surface area contributed by atoms with Gasteiger partial charge in [0.25, 0.3) is 0 Å². The van der Waals surface area contributed by atoms with Gasteiger partial charge in [-0.25, -0.2) is 0 Å². The van der Waals surface area contributed by atoms with Crippen molar-refractivity contribution in [1.29, 1.82) is 0 Å². The molecule has 0 saturated heterocycles. The van der Waals surface area contributed by atoms with Crippen molar-refractivity contribution in [3.63, 3.8) is 0 Å². The van der Waals surface area contributed by atoms with Crippen LogP contribution in [0.5, 0.6) is 11.5 Å². The molecule has 4 aromatic heterocycles. The summed E-state index contributed by atoms with van der Waals surface area (Å²) in [4.78, 5) is 8.34. The number of halogens is 4. The van der Waals surface area contributed by atoms with E-state index in [0.29, 0.717) is 38.9 Å². The van der Waals surface area contributed by atoms with Gasteiger partial charge in [-0.3, -0.25) is 9.97 Å². The normalized spacial score (nSPS) is 11.2. The van der Waals surface area contributed by atoms with Crippen LogP contribution in [0, 0.1) is 0 Å². The molecule has 11 nitrogen and oxygen atoms in total. The van der Waals surface area contributed by atoms with Gasteiger partial charge in [-0.1, -0.05) is 34.8 Å². The lowest BCUT2D eigenvalue weighted by atomic mass is 9.98. The molecule has 0 radical (unpaired) electrons. The van der Waals surface area contributed by atoms with Gasteiger partial charge in [0.15, 0.2) is 5.15 Å². The summed E-state index contributed by atoms with van der Waals surface area (Å²) in [6.07, 6.45) is 8.55. The molecule has 0 bridgehead atoms. The SMILES string of the molecule is COC(C)(C)CN.COc1cc(Cl)ccc1-c1nnc(CCC(C)(C)OC)c2cnccc12.COc1cc(Cl)ccc1-c1nnc(Cl)c2cnccc12.Cl. The molecular weight excluding hydrogens is 772 g/mol. The van der Waals surface area contributed by atoms with Gasteiger partial charge in [-0.05, 0) is 89.1 Å². The molecule has 0 atom stereocenters. The molecule has 0 spiro atoms. The Bertz CT molecular complexity index is 2150. The van der Waals surface area contributed by atoms with Crippen LogP contribution in [0.4, 0.5) is 0 Å². The number of fused-ring (bicyclic) bond motifs is 2. The smallest absolute Gasteiger partial charge is 0.161 e. The van der Waals surface area contributed by atoms with Gasteiger partial charge in [-0.2, -0.15) is 5.10 Å². The molecule has 0 aliphatic rings. The zero-order valence-corrected chi connectivity index (χ0v) is 34.6. The summed E-state index contributed by atoms with van der Waals surface area (Å²) in [5.41, 5.74) is 8.94. The van der Waals surface area contributed by atoms with Crippen LogP contribution in [0.25, 0.3) is 44.1 Å². The van der Waals surface area contributed by atoms with E-state index in [0.717, 1.165) is 56.9 Å². The predicted molar refractivity (Wildman–Crippen MR) is 220 cm³/mol. The number of hydrogen-bond acceptors (Lipinski definition) is 11. The van der Waals surface area contributed by atoms with Crippen LogP contribution in [-0.4, -0.2) is 76.5 Å². The highest BCUT2D eigenvalue weighted by Crippen LogP contribution is 2.37. The Morgan fingerprint density at radius 1 is 0.611 bits per heavy atom. The van der Waals surface area contributed by atoms with Gasteiger partial charge < -0.3 is 24.7 Å². The summed E-state index contributed by atoms with van der Waals surface area (Å²) < 4.78 is 21.3. The van der Waals surface area contributed by atoms with Crippen LogP contribution in [-0.2, 0) is 15.9 Å². The second-order valence-corrected chi connectivity index (χ2v) is 14.2. The van der Waals surface area contributed by atoms with E-state index in [1.54, 1.807) is 65.2 Å². The first-order valence-electron chi connectivity index (χ1n) is 16.6. The number of nitrogens with two attached hydrogens (primary N) is 1. The number of nitrogens with zero attached hydrogens (tertiary/aromatic N) is 6. The third kappa shape index (κ3) is 11.3. The summed E-state index contributed by atoms with van der Waals surface area (Å²) in [6.45, 7) is 8.60. The summed E-state index contributed by atoms with van der Waals surface area (Å²) in [7, 11) is 6.59. The Kier molecular flexibility index (Phi) is 16.6. The topological polar surface area (TPSA) is 140 Å². The van der Waals surface area contributed by atoms with Gasteiger partial charge in [0, 0.05) is 88.3 Å². The minimum Gasteiger partial charge on any atom is -0.496 e. The van der Waals surface area contributed by atoms with E-state index in [-0.39, 0.29) is 23.6 Å². The van der Waals surface area contributed by atoms with Crippen molar-refractivity contribution in [1.82, 2.24) is 30.4 Å². The lowest BCUT2D eigenvalue weighted by Gasteiger charge is -2.22. The van der Waals surface area contributed by atoms with Crippen LogP contribution >= 0.6 is 47.2 Å². The molecule has 6 aromatic rings. The lowest BCUT2D eigenvalue weighted by Crippen LogP contribution is -2.32. The van der Waals surface area contributed by atoms with Crippen molar-refractivity contribution in [2.24, 2.45) is 5.73 Å². The van der Waals surface area contributed by atoms with Gasteiger partial charge in [-0.15, -0.1) is 27.7 Å². The molecule has 4 heterocycles. The van der Waals surface area contributed by atoms with Crippen molar-refractivity contribution in [3.8, 4) is 34.0 Å². The third-order valence-electron chi connectivity index (χ3n) is 8.59. The van der Waals surface area contributed by atoms with Crippen molar-refractivity contribution in [2.45, 2.75) is 51.7 Å². The van der Waals surface area contributed by atoms with E-state index in [2.05, 4.69) is 44.2 Å². The molecule has 2 aromatic carbocycles. The van der Waals surface area contributed by atoms with E-state index < -0.39 is 0 Å². The quantitative estimate of drug-likeness (QED) is 0.141. The molecule has 0 saturated carbocycles. The molecule has 0 aliphatic heterocycles. The Hall–Kier alpha value is -3.94. The maximum Gasteiger partial charge on any atom is 0.161 e. The molecule has 54 heavy (non-hydrogen) atoms. The van der Waals surface area contributed by atoms with E-state index >= 15 is 0 Å². The van der Waals surface area contributed by atoms with Gasteiger partial charge in [0.05, 0.1) is 31.1 Å². The van der Waals surface area contributed by atoms with Crippen molar-refractivity contribution in [2.75, 3.05) is 35.0 Å². The fraction of sp³-hybridized carbons (Fsp3) is 0.333. The van der Waals surface area contributed by atoms with Crippen LogP contribution in [0.1, 0.15) is 39.8 Å². The number of aromatic nitrogens is 6. The first-order valence-corrected chi connectivity index (χ1v) is 17.7. The first-order chi connectivity index (χ1) is 25.3. The van der Waals surface area contributed by atoms with Crippen LogP contribution in [0.15, 0.2) is 73.3 Å². The number of rotatable bonds is 10. The highest BCUT2D eigenvalue weighted by atomic mass is 35.5. The molecule has 0 aliphatic carbocycles. The van der Waals surface area contributed by atoms with Crippen LogP contribution in [0.2, 0.25) is 15.2 Å². The molecule has 288 valence electrons. The van der Waals surface area contributed by atoms with Crippen molar-refractivity contribution >= 4 is 68.8 Å². The lowest BCUT2D eigenvalue weighted by molar-refractivity contribution is 0.0156. The van der Waals surface area contributed by atoms with Crippen LogP contribution in [0.3, 0.4) is 0 Å². The Balaban J connectivity index is 0.000000248. The highest BCUT2D eigenvalue weighted by molar-refractivity contribution is 6.34. The number of benzene rings is 2. The molecule has 2 N–H and O–H groups in total. The zero-order valence-electron chi connectivity index (χ0n) is 31.5. The maximum atomic E-state index is 6.09. The number of ether oxygens (including phenoxy) is 4. The monoisotopic (exact) mass is 815 g/mol. The van der Waals surface area contributed by atoms with Crippen molar-refractivity contribution < 1.29 is 18.9 Å². The minimum atomic E-state index is -0.214. The molecular formula is C39H45Cl4N7O4. The van der Waals surface area contributed by atoms with E-state index in [1.807, 2.05) is 50.4 Å². The van der Waals surface area contributed by atoms with E-state index in [4.69, 9.17) is 59.5 Å². The number of hydrogen-bond donors (Lipinski definition) is 1. The number of methoxy groups -OCH3 is 4. The maximum absolute atomic E-state index is 6.09. The van der Waals surface area contributed by atoms with Gasteiger partial charge in [0.1, 0.15) is 22.9 Å². The largest absolute Gasteiger partial charge is 0.496 e. The average molecular weight is 818 g/mol. The molecule has 0 unspecified atom stereocenters. The van der Waals surface area contributed by atoms with E-state index in [1.165, 1.54) is 0 Å². The number of aryl methyl sites for hydroxylation is 1. The molecule has 0 fully saturated rings. The second-order valence-electron chi connectivity index (χ2n) is 13.0. The average Bonchev–Trinajstić information content (AvgIpc) is 3.18. The summed E-state index contributed by atoms with van der Waals surface area (Å²) in [5.74, 6) is 1.30. The highest BCUT2D eigenvalue weighted by Gasteiger charge is 2.20. The first kappa shape index (κ1) is 44.5. The zero-order chi connectivity index (χ0) is 38.8. The third-order valence-corrected chi connectivity index (χ3v) is 9.34. The minimum absolute atomic E-state index is 0. The predicted octanol–water partition coefficient (Wildman–Crippen LogP) is 9.51. The molecule has 0 amide bonds. The fourth-order valence-electron chi connectivity index (χ4n) is 4.92. The summed E-state index contributed by atoms with van der Waals surface area (Å²) in [5, 5.41) is 22.3. The Morgan fingerprint density at radius 2 is 1.09 bits per heavy atom.